The molecule has 0 aliphatic carbocycles. The molecule has 0 bridgehead atoms. The molecule has 0 aliphatic heterocycles. The summed E-state index contributed by atoms with van der Waals surface area (Å²) in [6.07, 6.45) is 1.37. The molecule has 6 nitrogen and oxygen atoms in total. The van der Waals surface area contributed by atoms with Crippen LogP contribution in [0.1, 0.15) is 23.1 Å². The van der Waals surface area contributed by atoms with E-state index in [0.29, 0.717) is 5.69 Å². The Bertz CT molecular complexity index is 627. The monoisotopic (exact) mass is 300 g/mol. The molecule has 0 atom stereocenters. The van der Waals surface area contributed by atoms with Crippen LogP contribution in [0.2, 0.25) is 10.2 Å². The van der Waals surface area contributed by atoms with E-state index < -0.39 is 5.97 Å². The van der Waals surface area contributed by atoms with Crippen LogP contribution in [0, 0.1) is 6.92 Å². The van der Waals surface area contributed by atoms with Gasteiger partial charge in [-0.05, 0) is 19.9 Å². The summed E-state index contributed by atoms with van der Waals surface area (Å²) in [5.41, 5.74) is 0.871. The van der Waals surface area contributed by atoms with Crippen molar-refractivity contribution in [2.45, 2.75) is 13.8 Å². The van der Waals surface area contributed by atoms with E-state index in [-0.39, 0.29) is 28.4 Å². The second-order valence-corrected chi connectivity index (χ2v) is 4.38. The summed E-state index contributed by atoms with van der Waals surface area (Å²) in [5.74, 6) is -0.258. The lowest BCUT2D eigenvalue weighted by Gasteiger charge is -2.02. The fourth-order valence-corrected chi connectivity index (χ4v) is 1.64. The minimum Gasteiger partial charge on any atom is -0.461 e. The lowest BCUT2D eigenvalue weighted by Crippen LogP contribution is -2.08. The Morgan fingerprint density at radius 2 is 2.21 bits per heavy atom. The second kappa shape index (κ2) is 5.54. The summed E-state index contributed by atoms with van der Waals surface area (Å²) in [7, 11) is 0. The molecular weight excluding hydrogens is 291 g/mol. The molecule has 2 aromatic heterocycles. The quantitative estimate of drug-likeness (QED) is 0.643. The SMILES string of the molecule is CCOC(=O)c1cc(C)n(-c2ncc(Cl)c(Cl)n2)n1. The van der Waals surface area contributed by atoms with Crippen molar-refractivity contribution in [3.05, 3.63) is 33.8 Å². The zero-order chi connectivity index (χ0) is 14.0. The zero-order valence-corrected chi connectivity index (χ0v) is 11.7. The maximum Gasteiger partial charge on any atom is 0.358 e. The maximum atomic E-state index is 11.6. The van der Waals surface area contributed by atoms with Crippen molar-refractivity contribution in [2.24, 2.45) is 0 Å². The van der Waals surface area contributed by atoms with E-state index in [9.17, 15) is 4.79 Å². The van der Waals surface area contributed by atoms with Crippen LogP contribution in [0.25, 0.3) is 5.95 Å². The Labute approximate surface area is 119 Å². The molecule has 0 saturated heterocycles. The van der Waals surface area contributed by atoms with Gasteiger partial charge in [0.25, 0.3) is 5.95 Å². The molecule has 0 spiro atoms. The van der Waals surface area contributed by atoms with E-state index in [1.165, 1.54) is 10.9 Å². The summed E-state index contributed by atoms with van der Waals surface area (Å²) in [5, 5.41) is 4.46. The molecule has 0 saturated carbocycles. The third-order valence-electron chi connectivity index (χ3n) is 2.25. The van der Waals surface area contributed by atoms with Gasteiger partial charge >= 0.3 is 5.97 Å². The average Bonchev–Trinajstić information content (AvgIpc) is 2.75. The Kier molecular flexibility index (Phi) is 4.01. The lowest BCUT2D eigenvalue weighted by atomic mass is 10.4. The van der Waals surface area contributed by atoms with Crippen molar-refractivity contribution in [1.82, 2.24) is 19.7 Å². The van der Waals surface area contributed by atoms with Gasteiger partial charge < -0.3 is 4.74 Å². The number of carbonyl (C=O) groups excluding carboxylic acids is 1. The maximum absolute atomic E-state index is 11.6. The van der Waals surface area contributed by atoms with Gasteiger partial charge in [0.1, 0.15) is 0 Å². The highest BCUT2D eigenvalue weighted by Crippen LogP contribution is 2.19. The zero-order valence-electron chi connectivity index (χ0n) is 10.2. The largest absolute Gasteiger partial charge is 0.461 e. The van der Waals surface area contributed by atoms with Crippen molar-refractivity contribution in [3.8, 4) is 5.95 Å². The fraction of sp³-hybridized carbons (Fsp3) is 0.273. The van der Waals surface area contributed by atoms with E-state index >= 15 is 0 Å². The summed E-state index contributed by atoms with van der Waals surface area (Å²) >= 11 is 11.6. The first kappa shape index (κ1) is 13.8. The Balaban J connectivity index is 2.40. The van der Waals surface area contributed by atoms with E-state index in [0.717, 1.165) is 0 Å². The van der Waals surface area contributed by atoms with E-state index in [1.54, 1.807) is 19.9 Å². The van der Waals surface area contributed by atoms with E-state index in [1.807, 2.05) is 0 Å². The molecule has 0 amide bonds. The third-order valence-corrected chi connectivity index (χ3v) is 2.91. The van der Waals surface area contributed by atoms with Gasteiger partial charge in [-0.2, -0.15) is 10.1 Å². The summed E-state index contributed by atoms with van der Waals surface area (Å²) in [4.78, 5) is 19.6. The van der Waals surface area contributed by atoms with Crippen LogP contribution in [0.15, 0.2) is 12.3 Å². The van der Waals surface area contributed by atoms with Crippen molar-refractivity contribution in [3.63, 3.8) is 0 Å². The third kappa shape index (κ3) is 2.85. The molecule has 100 valence electrons. The van der Waals surface area contributed by atoms with Crippen LogP contribution in [-0.2, 0) is 4.74 Å². The van der Waals surface area contributed by atoms with Gasteiger partial charge in [-0.25, -0.2) is 14.5 Å². The van der Waals surface area contributed by atoms with Gasteiger partial charge in [-0.15, -0.1) is 0 Å². The molecule has 19 heavy (non-hydrogen) atoms. The molecule has 2 rings (SSSR count). The highest BCUT2D eigenvalue weighted by Gasteiger charge is 2.16. The number of rotatable bonds is 3. The van der Waals surface area contributed by atoms with Crippen LogP contribution in [0.4, 0.5) is 0 Å². The van der Waals surface area contributed by atoms with Gasteiger partial charge in [0, 0.05) is 5.69 Å². The first-order valence-corrected chi connectivity index (χ1v) is 6.20. The Morgan fingerprint density at radius 3 is 2.84 bits per heavy atom. The summed E-state index contributed by atoms with van der Waals surface area (Å²) in [6, 6.07) is 1.59. The smallest absolute Gasteiger partial charge is 0.358 e. The Morgan fingerprint density at radius 1 is 1.47 bits per heavy atom. The van der Waals surface area contributed by atoms with Crippen LogP contribution in [-0.4, -0.2) is 32.3 Å². The van der Waals surface area contributed by atoms with Gasteiger partial charge in [0.15, 0.2) is 10.8 Å². The number of halogens is 2. The number of aromatic nitrogens is 4. The van der Waals surface area contributed by atoms with Gasteiger partial charge in [0.05, 0.1) is 17.8 Å². The number of hydrogen-bond donors (Lipinski definition) is 0. The first-order chi connectivity index (χ1) is 9.02. The van der Waals surface area contributed by atoms with Crippen LogP contribution in [0.5, 0.6) is 0 Å². The Hall–Kier alpha value is -1.66. The van der Waals surface area contributed by atoms with Crippen molar-refractivity contribution in [2.75, 3.05) is 6.61 Å². The molecule has 0 aliphatic rings. The predicted molar refractivity (Wildman–Crippen MR) is 69.9 cm³/mol. The minimum absolute atomic E-state index is 0.124. The van der Waals surface area contributed by atoms with Crippen molar-refractivity contribution in [1.29, 1.82) is 0 Å². The van der Waals surface area contributed by atoms with Crippen molar-refractivity contribution < 1.29 is 9.53 Å². The molecule has 0 N–H and O–H groups in total. The number of nitrogens with zero attached hydrogens (tertiary/aromatic N) is 4. The van der Waals surface area contributed by atoms with Gasteiger partial charge in [-0.1, -0.05) is 23.2 Å². The summed E-state index contributed by atoms with van der Waals surface area (Å²) in [6.45, 7) is 3.78. The van der Waals surface area contributed by atoms with Crippen LogP contribution < -0.4 is 0 Å². The average molecular weight is 301 g/mol. The molecular formula is C11H10Cl2N4O2. The molecule has 2 heterocycles. The fourth-order valence-electron chi connectivity index (χ4n) is 1.42. The minimum atomic E-state index is -0.496. The first-order valence-electron chi connectivity index (χ1n) is 5.45. The highest BCUT2D eigenvalue weighted by atomic mass is 35.5. The number of esters is 1. The summed E-state index contributed by atoms with van der Waals surface area (Å²) < 4.78 is 6.27. The van der Waals surface area contributed by atoms with Gasteiger partial charge in [0.2, 0.25) is 0 Å². The number of aryl methyl sites for hydroxylation is 1. The van der Waals surface area contributed by atoms with Crippen LogP contribution in [0.3, 0.4) is 0 Å². The molecule has 8 heteroatoms. The number of carbonyl (C=O) groups is 1. The number of hydrogen-bond acceptors (Lipinski definition) is 5. The van der Waals surface area contributed by atoms with E-state index in [4.69, 9.17) is 27.9 Å². The number of ether oxygens (including phenoxy) is 1. The molecule has 2 aromatic rings. The van der Waals surface area contributed by atoms with Crippen molar-refractivity contribution >= 4 is 29.2 Å². The standard InChI is InChI=1S/C11H10Cl2N4O2/c1-3-19-10(18)8-4-6(2)17(16-8)11-14-5-7(12)9(13)15-11/h4-5H,3H2,1-2H3. The molecule has 0 fully saturated rings. The highest BCUT2D eigenvalue weighted by molar-refractivity contribution is 6.41. The van der Waals surface area contributed by atoms with E-state index in [2.05, 4.69) is 15.1 Å². The van der Waals surface area contributed by atoms with Crippen LogP contribution >= 0.6 is 23.2 Å². The lowest BCUT2D eigenvalue weighted by molar-refractivity contribution is 0.0519. The molecule has 0 unspecified atom stereocenters. The topological polar surface area (TPSA) is 69.9 Å². The molecule has 0 aromatic carbocycles. The normalized spacial score (nSPS) is 10.5. The van der Waals surface area contributed by atoms with Gasteiger partial charge in [-0.3, -0.25) is 0 Å². The molecule has 0 radical (unpaired) electrons. The predicted octanol–water partition coefficient (Wildman–Crippen LogP) is 2.45. The second-order valence-electron chi connectivity index (χ2n) is 3.61.